The van der Waals surface area contributed by atoms with Crippen molar-refractivity contribution in [2.75, 3.05) is 25.7 Å². The van der Waals surface area contributed by atoms with Crippen LogP contribution in [0.4, 0.5) is 0 Å². The molecule has 1 aliphatic heterocycles. The third kappa shape index (κ3) is 4.11. The minimum absolute atomic E-state index is 0.705. The first-order chi connectivity index (χ1) is 5.21. The van der Waals surface area contributed by atoms with Gasteiger partial charge in [0.1, 0.15) is 0 Å². The van der Waals surface area contributed by atoms with Gasteiger partial charge in [-0.2, -0.15) is 0 Å². The molecule has 1 fully saturated rings. The van der Waals surface area contributed by atoms with E-state index >= 15 is 0 Å². The summed E-state index contributed by atoms with van der Waals surface area (Å²) in [6.07, 6.45) is 12.3. The number of hydrogen-bond acceptors (Lipinski definition) is 0. The first kappa shape index (κ1) is 9.52. The van der Waals surface area contributed by atoms with Crippen LogP contribution in [0, 0.1) is 0 Å². The molecular formula is C10H23P. The fraction of sp³-hybridized carbons (Fsp3) is 1.00. The molecule has 68 valence electrons. The molecule has 0 aromatic carbocycles. The molecule has 0 spiro atoms. The van der Waals surface area contributed by atoms with Gasteiger partial charge in [-0.3, -0.25) is 0 Å². The van der Waals surface area contributed by atoms with Crippen LogP contribution in [0.5, 0.6) is 0 Å². The summed E-state index contributed by atoms with van der Waals surface area (Å²) in [7, 11) is -0.705. The van der Waals surface area contributed by atoms with Crippen molar-refractivity contribution in [1.29, 1.82) is 0 Å². The number of rotatable bonds is 0. The summed E-state index contributed by atoms with van der Waals surface area (Å²) in [6.45, 7) is 5.14. The van der Waals surface area contributed by atoms with E-state index in [1.807, 2.05) is 0 Å². The summed E-state index contributed by atoms with van der Waals surface area (Å²) in [4.78, 5) is 0. The van der Waals surface area contributed by atoms with E-state index in [0.29, 0.717) is 0 Å². The number of hydrogen-bond donors (Lipinski definition) is 0. The molecule has 0 unspecified atom stereocenters. The van der Waals surface area contributed by atoms with E-state index in [-0.39, 0.29) is 0 Å². The summed E-state index contributed by atoms with van der Waals surface area (Å²) in [5.41, 5.74) is 0. The van der Waals surface area contributed by atoms with Crippen molar-refractivity contribution in [3.63, 3.8) is 0 Å². The van der Waals surface area contributed by atoms with Gasteiger partial charge in [0.2, 0.25) is 0 Å². The summed E-state index contributed by atoms with van der Waals surface area (Å²) in [5, 5.41) is 0. The molecule has 1 saturated heterocycles. The molecule has 1 heteroatoms. The maximum atomic E-state index is 2.57. The Morgan fingerprint density at radius 1 is 0.636 bits per heavy atom. The van der Waals surface area contributed by atoms with Crippen LogP contribution in [0.15, 0.2) is 0 Å². The average molecular weight is 174 g/mol. The zero-order chi connectivity index (χ0) is 8.16. The molecule has 0 atom stereocenters. The van der Waals surface area contributed by atoms with E-state index in [4.69, 9.17) is 0 Å². The van der Waals surface area contributed by atoms with Crippen LogP contribution >= 0.6 is 7.26 Å². The second-order valence-corrected chi connectivity index (χ2v) is 10.1. The first-order valence-electron chi connectivity index (χ1n) is 5.21. The predicted molar refractivity (Wildman–Crippen MR) is 57.6 cm³/mol. The van der Waals surface area contributed by atoms with Gasteiger partial charge in [0.25, 0.3) is 0 Å². The second kappa shape index (κ2) is 4.45. The summed E-state index contributed by atoms with van der Waals surface area (Å²) in [5.74, 6) is 0. The van der Waals surface area contributed by atoms with Crippen molar-refractivity contribution < 1.29 is 0 Å². The van der Waals surface area contributed by atoms with Gasteiger partial charge in [-0.05, 0) is 0 Å². The van der Waals surface area contributed by atoms with Crippen molar-refractivity contribution in [2.24, 2.45) is 0 Å². The van der Waals surface area contributed by atoms with Crippen LogP contribution in [0.3, 0.4) is 0 Å². The third-order valence-electron chi connectivity index (χ3n) is 2.96. The van der Waals surface area contributed by atoms with Crippen molar-refractivity contribution in [1.82, 2.24) is 0 Å². The first-order valence-corrected chi connectivity index (χ1v) is 8.62. The van der Waals surface area contributed by atoms with E-state index in [0.717, 1.165) is 0 Å². The molecular weight excluding hydrogens is 151 g/mol. The molecule has 0 N–H and O–H groups in total. The topological polar surface area (TPSA) is 0 Å². The molecule has 11 heavy (non-hydrogen) atoms. The van der Waals surface area contributed by atoms with E-state index in [1.165, 1.54) is 38.5 Å². The van der Waals surface area contributed by atoms with Gasteiger partial charge in [-0.25, -0.2) is 0 Å². The average Bonchev–Trinajstić information content (AvgIpc) is 2.00. The van der Waals surface area contributed by atoms with E-state index < -0.39 is 7.26 Å². The predicted octanol–water partition coefficient (Wildman–Crippen LogP) is 3.35. The van der Waals surface area contributed by atoms with Crippen LogP contribution in [0.1, 0.15) is 38.5 Å². The monoisotopic (exact) mass is 174 g/mol. The van der Waals surface area contributed by atoms with E-state index in [1.54, 1.807) is 12.3 Å². The van der Waals surface area contributed by atoms with Gasteiger partial charge in [0.15, 0.2) is 0 Å². The normalized spacial score (nSPS) is 29.6. The van der Waals surface area contributed by atoms with Crippen molar-refractivity contribution in [2.45, 2.75) is 38.5 Å². The molecule has 0 nitrogen and oxygen atoms in total. The molecule has 1 aliphatic rings. The Bertz CT molecular complexity index is 95.4. The molecule has 0 bridgehead atoms. The summed E-state index contributed by atoms with van der Waals surface area (Å²) >= 11 is 0. The minimum atomic E-state index is -0.705. The fourth-order valence-corrected chi connectivity index (χ4v) is 4.70. The Labute approximate surface area is 72.1 Å². The fourth-order valence-electron chi connectivity index (χ4n) is 2.04. The Morgan fingerprint density at radius 3 is 1.45 bits per heavy atom. The van der Waals surface area contributed by atoms with Crippen LogP contribution in [-0.2, 0) is 0 Å². The van der Waals surface area contributed by atoms with Crippen LogP contribution in [-0.4, -0.2) is 25.7 Å². The van der Waals surface area contributed by atoms with Gasteiger partial charge in [0, 0.05) is 0 Å². The third-order valence-corrected chi connectivity index (χ3v) is 6.37. The zero-order valence-corrected chi connectivity index (χ0v) is 9.16. The quantitative estimate of drug-likeness (QED) is 0.494. The standard InChI is InChI=1S/C10H23P/c1-11(2)9-7-5-3-4-6-8-10-11/h11H,3-10H2,1-2H3. The molecule has 0 aromatic heterocycles. The van der Waals surface area contributed by atoms with Crippen LogP contribution in [0.2, 0.25) is 0 Å². The molecule has 0 amide bonds. The van der Waals surface area contributed by atoms with Crippen LogP contribution in [0.25, 0.3) is 0 Å². The van der Waals surface area contributed by atoms with Gasteiger partial charge in [0.05, 0.1) is 0 Å². The van der Waals surface area contributed by atoms with Crippen LogP contribution < -0.4 is 0 Å². The molecule has 0 radical (unpaired) electrons. The Balaban J connectivity index is 2.31. The maximum absolute atomic E-state index is 2.57. The van der Waals surface area contributed by atoms with Gasteiger partial charge in [-0.15, -0.1) is 0 Å². The van der Waals surface area contributed by atoms with Crippen molar-refractivity contribution in [3.8, 4) is 0 Å². The molecule has 1 heterocycles. The molecule has 0 saturated carbocycles. The van der Waals surface area contributed by atoms with Gasteiger partial charge in [-0.1, -0.05) is 0 Å². The van der Waals surface area contributed by atoms with Gasteiger partial charge < -0.3 is 0 Å². The molecule has 0 aromatic rings. The van der Waals surface area contributed by atoms with Gasteiger partial charge >= 0.3 is 71.4 Å². The Morgan fingerprint density at radius 2 is 1.00 bits per heavy atom. The molecule has 0 aliphatic carbocycles. The summed E-state index contributed by atoms with van der Waals surface area (Å²) in [6, 6.07) is 0. The SMILES string of the molecule is C[PH]1(C)CCCCCCCC1. The molecule has 1 rings (SSSR count). The zero-order valence-electron chi connectivity index (χ0n) is 8.16. The van der Waals surface area contributed by atoms with Crippen molar-refractivity contribution >= 4 is 7.26 Å². The van der Waals surface area contributed by atoms with E-state index in [2.05, 4.69) is 13.3 Å². The Hall–Kier alpha value is 0.430. The summed E-state index contributed by atoms with van der Waals surface area (Å²) < 4.78 is 0. The van der Waals surface area contributed by atoms with E-state index in [9.17, 15) is 0 Å². The Kier molecular flexibility index (Phi) is 3.85. The van der Waals surface area contributed by atoms with Crippen molar-refractivity contribution in [3.05, 3.63) is 0 Å². The second-order valence-electron chi connectivity index (χ2n) is 4.79.